The van der Waals surface area contributed by atoms with Gasteiger partial charge in [0.25, 0.3) is 0 Å². The third kappa shape index (κ3) is 1.72. The second kappa shape index (κ2) is 4.54. The van der Waals surface area contributed by atoms with E-state index in [2.05, 4.69) is 28.4 Å². The number of halogens is 1. The molecule has 1 saturated carbocycles. The molecular weight excluding hydrogens is 246 g/mol. The van der Waals surface area contributed by atoms with Crippen LogP contribution in [0.5, 0.6) is 0 Å². The topological polar surface area (TPSA) is 30.7 Å². The average molecular weight is 264 g/mol. The zero-order valence-electron chi connectivity index (χ0n) is 10.8. The second-order valence-electron chi connectivity index (χ2n) is 5.38. The number of hydrogen-bond donors (Lipinski definition) is 0. The van der Waals surface area contributed by atoms with Crippen molar-refractivity contribution in [3.8, 4) is 0 Å². The summed E-state index contributed by atoms with van der Waals surface area (Å²) < 4.78 is 2.35. The largest absolute Gasteiger partial charge is 0.323 e. The van der Waals surface area contributed by atoms with Gasteiger partial charge in [0, 0.05) is 12.2 Å². The highest BCUT2D eigenvalue weighted by Gasteiger charge is 2.33. The Labute approximate surface area is 112 Å². The number of rotatable bonds is 2. The molecule has 2 aromatic rings. The fourth-order valence-electron chi connectivity index (χ4n) is 3.17. The minimum absolute atomic E-state index is 0.465. The SMILES string of the molecule is CC1CCC(n2c(CCl)nc3cnccc32)C1C. The van der Waals surface area contributed by atoms with Gasteiger partial charge in [0.1, 0.15) is 11.3 Å². The number of hydrogen-bond acceptors (Lipinski definition) is 2. The fraction of sp³-hybridized carbons (Fsp3) is 0.571. The van der Waals surface area contributed by atoms with E-state index in [0.717, 1.165) is 17.3 Å². The first kappa shape index (κ1) is 12.0. The molecule has 1 aliphatic carbocycles. The summed E-state index contributed by atoms with van der Waals surface area (Å²) >= 11 is 6.06. The van der Waals surface area contributed by atoms with Gasteiger partial charge in [-0.15, -0.1) is 11.6 Å². The van der Waals surface area contributed by atoms with E-state index in [1.54, 1.807) is 0 Å². The maximum Gasteiger partial charge on any atom is 0.125 e. The van der Waals surface area contributed by atoms with E-state index in [0.29, 0.717) is 17.8 Å². The van der Waals surface area contributed by atoms with Crippen molar-refractivity contribution in [3.63, 3.8) is 0 Å². The van der Waals surface area contributed by atoms with Crippen molar-refractivity contribution in [1.29, 1.82) is 0 Å². The van der Waals surface area contributed by atoms with E-state index in [1.165, 1.54) is 18.4 Å². The van der Waals surface area contributed by atoms with Crippen LogP contribution in [0.15, 0.2) is 18.5 Å². The van der Waals surface area contributed by atoms with Crippen molar-refractivity contribution >= 4 is 22.6 Å². The lowest BCUT2D eigenvalue weighted by molar-refractivity contribution is 0.354. The van der Waals surface area contributed by atoms with Gasteiger partial charge in [-0.05, 0) is 30.7 Å². The molecule has 0 amide bonds. The average Bonchev–Trinajstić information content (AvgIpc) is 2.91. The van der Waals surface area contributed by atoms with Gasteiger partial charge >= 0.3 is 0 Å². The zero-order valence-corrected chi connectivity index (χ0v) is 11.6. The molecule has 0 aliphatic heterocycles. The maximum absolute atomic E-state index is 6.06. The van der Waals surface area contributed by atoms with E-state index in [-0.39, 0.29) is 0 Å². The predicted octanol–water partition coefficient (Wildman–Crippen LogP) is 3.78. The Morgan fingerprint density at radius 2 is 2.22 bits per heavy atom. The second-order valence-corrected chi connectivity index (χ2v) is 5.64. The number of nitrogens with zero attached hydrogens (tertiary/aromatic N) is 3. The minimum atomic E-state index is 0.465. The number of pyridine rings is 1. The molecule has 96 valence electrons. The smallest absolute Gasteiger partial charge is 0.125 e. The van der Waals surface area contributed by atoms with Crippen LogP contribution in [0.4, 0.5) is 0 Å². The molecule has 3 atom stereocenters. The fourth-order valence-corrected chi connectivity index (χ4v) is 3.36. The van der Waals surface area contributed by atoms with Gasteiger partial charge in [-0.2, -0.15) is 0 Å². The van der Waals surface area contributed by atoms with Crippen LogP contribution in [0.2, 0.25) is 0 Å². The lowest BCUT2D eigenvalue weighted by atomic mass is 9.97. The molecule has 0 radical (unpaired) electrons. The van der Waals surface area contributed by atoms with Gasteiger partial charge < -0.3 is 4.57 Å². The number of aromatic nitrogens is 3. The normalized spacial score (nSPS) is 28.1. The summed E-state index contributed by atoms with van der Waals surface area (Å²) in [4.78, 5) is 8.75. The molecule has 0 bridgehead atoms. The summed E-state index contributed by atoms with van der Waals surface area (Å²) in [5.41, 5.74) is 2.13. The Balaban J connectivity index is 2.15. The highest BCUT2D eigenvalue weighted by molar-refractivity contribution is 6.16. The first-order valence-corrected chi connectivity index (χ1v) is 7.12. The quantitative estimate of drug-likeness (QED) is 0.772. The molecule has 2 aromatic heterocycles. The molecule has 3 rings (SSSR count). The van der Waals surface area contributed by atoms with Crippen molar-refractivity contribution < 1.29 is 0 Å². The molecule has 2 heterocycles. The number of alkyl halides is 1. The third-order valence-electron chi connectivity index (χ3n) is 4.44. The lowest BCUT2D eigenvalue weighted by Crippen LogP contribution is -2.16. The van der Waals surface area contributed by atoms with Crippen LogP contribution < -0.4 is 0 Å². The molecule has 3 unspecified atom stereocenters. The highest BCUT2D eigenvalue weighted by Crippen LogP contribution is 2.41. The van der Waals surface area contributed by atoms with Crippen LogP contribution in [-0.4, -0.2) is 14.5 Å². The lowest BCUT2D eigenvalue weighted by Gasteiger charge is -2.22. The van der Waals surface area contributed by atoms with Crippen molar-refractivity contribution in [3.05, 3.63) is 24.3 Å². The van der Waals surface area contributed by atoms with E-state index >= 15 is 0 Å². The first-order chi connectivity index (χ1) is 8.72. The highest BCUT2D eigenvalue weighted by atomic mass is 35.5. The molecule has 0 saturated heterocycles. The van der Waals surface area contributed by atoms with Crippen molar-refractivity contribution in [1.82, 2.24) is 14.5 Å². The van der Waals surface area contributed by atoms with Crippen molar-refractivity contribution in [2.45, 2.75) is 38.6 Å². The molecule has 0 N–H and O–H groups in total. The molecule has 1 fully saturated rings. The van der Waals surface area contributed by atoms with Gasteiger partial charge in [0.2, 0.25) is 0 Å². The van der Waals surface area contributed by atoms with E-state index in [4.69, 9.17) is 11.6 Å². The van der Waals surface area contributed by atoms with Crippen LogP contribution in [0, 0.1) is 11.8 Å². The Kier molecular flexibility index (Phi) is 3.02. The monoisotopic (exact) mass is 263 g/mol. The Bertz CT molecular complexity index is 563. The van der Waals surface area contributed by atoms with Crippen LogP contribution in [0.25, 0.3) is 11.0 Å². The molecule has 4 heteroatoms. The van der Waals surface area contributed by atoms with Crippen molar-refractivity contribution in [2.24, 2.45) is 11.8 Å². The van der Waals surface area contributed by atoms with Crippen LogP contribution in [0.1, 0.15) is 38.6 Å². The zero-order chi connectivity index (χ0) is 12.7. The Morgan fingerprint density at radius 1 is 1.39 bits per heavy atom. The molecule has 1 aliphatic rings. The van der Waals surface area contributed by atoms with Gasteiger partial charge in [-0.1, -0.05) is 13.8 Å². The summed E-state index contributed by atoms with van der Waals surface area (Å²) in [6.45, 7) is 4.68. The van der Waals surface area contributed by atoms with Crippen LogP contribution in [-0.2, 0) is 5.88 Å². The molecular formula is C14H18ClN3. The summed E-state index contributed by atoms with van der Waals surface area (Å²) in [5.74, 6) is 2.90. The molecule has 0 aromatic carbocycles. The van der Waals surface area contributed by atoms with Gasteiger partial charge in [-0.3, -0.25) is 4.98 Å². The number of imidazole rings is 1. The number of fused-ring (bicyclic) bond motifs is 1. The first-order valence-electron chi connectivity index (χ1n) is 6.59. The molecule has 0 spiro atoms. The van der Waals surface area contributed by atoms with E-state index < -0.39 is 0 Å². The van der Waals surface area contributed by atoms with Crippen LogP contribution in [0.3, 0.4) is 0 Å². The maximum atomic E-state index is 6.06. The van der Waals surface area contributed by atoms with E-state index in [1.807, 2.05) is 18.5 Å². The predicted molar refractivity (Wildman–Crippen MR) is 73.7 cm³/mol. The van der Waals surface area contributed by atoms with Gasteiger partial charge in [-0.25, -0.2) is 4.98 Å². The Morgan fingerprint density at radius 3 is 2.89 bits per heavy atom. The Hall–Kier alpha value is -1.09. The minimum Gasteiger partial charge on any atom is -0.323 e. The van der Waals surface area contributed by atoms with Crippen molar-refractivity contribution in [2.75, 3.05) is 0 Å². The molecule has 18 heavy (non-hydrogen) atoms. The summed E-state index contributed by atoms with van der Waals surface area (Å²) in [6.07, 6.45) is 6.17. The standard InChI is InChI=1S/C14H18ClN3/c1-9-3-4-12(10(9)2)18-13-5-6-16-8-11(13)17-14(18)7-15/h5-6,8-10,12H,3-4,7H2,1-2H3. The third-order valence-corrected chi connectivity index (χ3v) is 4.68. The summed E-state index contributed by atoms with van der Waals surface area (Å²) in [7, 11) is 0. The summed E-state index contributed by atoms with van der Waals surface area (Å²) in [6, 6.07) is 2.58. The van der Waals surface area contributed by atoms with E-state index in [9.17, 15) is 0 Å². The summed E-state index contributed by atoms with van der Waals surface area (Å²) in [5, 5.41) is 0. The van der Waals surface area contributed by atoms with Crippen LogP contribution >= 0.6 is 11.6 Å². The van der Waals surface area contributed by atoms with Gasteiger partial charge in [0.05, 0.1) is 17.6 Å². The molecule has 3 nitrogen and oxygen atoms in total. The van der Waals surface area contributed by atoms with Gasteiger partial charge in [0.15, 0.2) is 0 Å².